The molecule has 2 aromatic rings. The van der Waals surface area contributed by atoms with Crippen molar-refractivity contribution in [2.45, 2.75) is 38.6 Å². The van der Waals surface area contributed by atoms with E-state index in [0.29, 0.717) is 12.0 Å². The van der Waals surface area contributed by atoms with Crippen molar-refractivity contribution in [1.29, 1.82) is 0 Å². The lowest BCUT2D eigenvalue weighted by atomic mass is 9.92. The van der Waals surface area contributed by atoms with Crippen LogP contribution in [0.2, 0.25) is 0 Å². The zero-order valence-electron chi connectivity index (χ0n) is 12.1. The molecule has 0 radical (unpaired) electrons. The van der Waals surface area contributed by atoms with Crippen LogP contribution in [0.3, 0.4) is 0 Å². The molecule has 0 bridgehead atoms. The van der Waals surface area contributed by atoms with E-state index in [0.717, 1.165) is 23.8 Å². The van der Waals surface area contributed by atoms with Gasteiger partial charge in [-0.25, -0.2) is 9.97 Å². The van der Waals surface area contributed by atoms with Crippen LogP contribution in [-0.2, 0) is 0 Å². The largest absolute Gasteiger partial charge is 0.343 e. The van der Waals surface area contributed by atoms with Crippen LogP contribution in [-0.4, -0.2) is 44.0 Å². The number of H-pyrrole nitrogens is 1. The number of aromatic nitrogens is 4. The predicted octanol–water partition coefficient (Wildman–Crippen LogP) is 2.45. The Morgan fingerprint density at radius 1 is 1.20 bits per heavy atom. The SMILES string of the molecule is CC(C)N1CCCC(c2nccnc2-c2ncc[nH]2)C1. The summed E-state index contributed by atoms with van der Waals surface area (Å²) in [4.78, 5) is 19.1. The zero-order valence-corrected chi connectivity index (χ0v) is 12.1. The third-order valence-electron chi connectivity index (χ3n) is 4.02. The van der Waals surface area contributed by atoms with Crippen LogP contribution in [0.15, 0.2) is 24.8 Å². The third kappa shape index (κ3) is 2.58. The molecule has 0 amide bonds. The number of hydrogen-bond acceptors (Lipinski definition) is 4. The van der Waals surface area contributed by atoms with Gasteiger partial charge in [0.1, 0.15) is 5.69 Å². The highest BCUT2D eigenvalue weighted by molar-refractivity contribution is 5.53. The fourth-order valence-corrected chi connectivity index (χ4v) is 2.92. The lowest BCUT2D eigenvalue weighted by molar-refractivity contribution is 0.166. The van der Waals surface area contributed by atoms with Crippen molar-refractivity contribution < 1.29 is 0 Å². The molecule has 1 fully saturated rings. The summed E-state index contributed by atoms with van der Waals surface area (Å²) in [6.07, 6.45) is 9.51. The monoisotopic (exact) mass is 271 g/mol. The van der Waals surface area contributed by atoms with E-state index in [1.54, 1.807) is 18.6 Å². The molecule has 20 heavy (non-hydrogen) atoms. The normalized spacial score (nSPS) is 20.4. The number of nitrogens with zero attached hydrogens (tertiary/aromatic N) is 4. The van der Waals surface area contributed by atoms with Gasteiger partial charge < -0.3 is 9.88 Å². The van der Waals surface area contributed by atoms with Crippen molar-refractivity contribution >= 4 is 0 Å². The van der Waals surface area contributed by atoms with Crippen molar-refractivity contribution in [2.75, 3.05) is 13.1 Å². The van der Waals surface area contributed by atoms with Crippen LogP contribution in [0.1, 0.15) is 38.3 Å². The van der Waals surface area contributed by atoms with Gasteiger partial charge in [0.25, 0.3) is 0 Å². The lowest BCUT2D eigenvalue weighted by Gasteiger charge is -2.35. The Bertz CT molecular complexity index is 549. The number of hydrogen-bond donors (Lipinski definition) is 1. The average molecular weight is 271 g/mol. The molecule has 1 aliphatic heterocycles. The van der Waals surface area contributed by atoms with Gasteiger partial charge in [0.15, 0.2) is 5.82 Å². The summed E-state index contributed by atoms with van der Waals surface area (Å²) in [6.45, 7) is 6.76. The molecule has 0 aromatic carbocycles. The molecule has 106 valence electrons. The van der Waals surface area contributed by atoms with Gasteiger partial charge in [-0.3, -0.25) is 4.98 Å². The molecule has 1 atom stereocenters. The predicted molar refractivity (Wildman–Crippen MR) is 78.3 cm³/mol. The van der Waals surface area contributed by atoms with E-state index in [9.17, 15) is 0 Å². The Kier molecular flexibility index (Phi) is 3.78. The highest BCUT2D eigenvalue weighted by atomic mass is 15.2. The topological polar surface area (TPSA) is 57.7 Å². The number of piperidine rings is 1. The van der Waals surface area contributed by atoms with Gasteiger partial charge in [0.05, 0.1) is 5.69 Å². The minimum Gasteiger partial charge on any atom is -0.343 e. The number of nitrogens with one attached hydrogen (secondary N) is 1. The van der Waals surface area contributed by atoms with Crippen LogP contribution >= 0.6 is 0 Å². The summed E-state index contributed by atoms with van der Waals surface area (Å²) in [7, 11) is 0. The first-order chi connectivity index (χ1) is 9.75. The maximum Gasteiger partial charge on any atom is 0.157 e. The van der Waals surface area contributed by atoms with Crippen LogP contribution in [0.5, 0.6) is 0 Å². The molecule has 0 aliphatic carbocycles. The maximum absolute atomic E-state index is 4.60. The van der Waals surface area contributed by atoms with Crippen molar-refractivity contribution in [2.24, 2.45) is 0 Å². The molecule has 5 heteroatoms. The molecule has 1 saturated heterocycles. The van der Waals surface area contributed by atoms with E-state index in [1.165, 1.54) is 19.4 Å². The summed E-state index contributed by atoms with van der Waals surface area (Å²) in [6, 6.07) is 0.585. The van der Waals surface area contributed by atoms with Crippen LogP contribution in [0, 0.1) is 0 Å². The smallest absolute Gasteiger partial charge is 0.157 e. The highest BCUT2D eigenvalue weighted by Crippen LogP contribution is 2.30. The quantitative estimate of drug-likeness (QED) is 0.931. The summed E-state index contributed by atoms with van der Waals surface area (Å²) in [5, 5.41) is 0. The first-order valence-electron chi connectivity index (χ1n) is 7.30. The van der Waals surface area contributed by atoms with Crippen molar-refractivity contribution in [3.05, 3.63) is 30.5 Å². The van der Waals surface area contributed by atoms with Gasteiger partial charge in [-0.15, -0.1) is 0 Å². The molecular formula is C15H21N5. The Hall–Kier alpha value is -1.75. The summed E-state index contributed by atoms with van der Waals surface area (Å²) in [5.41, 5.74) is 1.97. The molecule has 1 unspecified atom stereocenters. The van der Waals surface area contributed by atoms with Crippen LogP contribution < -0.4 is 0 Å². The minimum absolute atomic E-state index is 0.444. The minimum atomic E-state index is 0.444. The molecule has 3 rings (SSSR count). The molecule has 3 heterocycles. The Morgan fingerprint density at radius 3 is 2.80 bits per heavy atom. The molecule has 1 N–H and O–H groups in total. The van der Waals surface area contributed by atoms with E-state index in [1.807, 2.05) is 6.20 Å². The van der Waals surface area contributed by atoms with Gasteiger partial charge in [-0.1, -0.05) is 0 Å². The number of imidazole rings is 1. The second-order valence-electron chi connectivity index (χ2n) is 5.66. The molecule has 1 aliphatic rings. The van der Waals surface area contributed by atoms with Crippen molar-refractivity contribution in [3.8, 4) is 11.5 Å². The summed E-state index contributed by atoms with van der Waals surface area (Å²) < 4.78 is 0. The molecule has 0 saturated carbocycles. The standard InChI is InChI=1S/C15H21N5/c1-11(2)20-9-3-4-12(10-20)13-14(17-6-5-16-13)15-18-7-8-19-15/h5-8,11-12H,3-4,9-10H2,1-2H3,(H,18,19). The summed E-state index contributed by atoms with van der Waals surface area (Å²) in [5.74, 6) is 1.26. The van der Waals surface area contributed by atoms with Gasteiger partial charge >= 0.3 is 0 Å². The molecular weight excluding hydrogens is 250 g/mol. The zero-order chi connectivity index (χ0) is 13.9. The fraction of sp³-hybridized carbons (Fsp3) is 0.533. The van der Waals surface area contributed by atoms with Gasteiger partial charge in [-0.05, 0) is 33.2 Å². The van der Waals surface area contributed by atoms with Crippen molar-refractivity contribution in [1.82, 2.24) is 24.8 Å². The first kappa shape index (κ1) is 13.2. The van der Waals surface area contributed by atoms with Gasteiger partial charge in [0.2, 0.25) is 0 Å². The summed E-state index contributed by atoms with van der Waals surface area (Å²) >= 11 is 0. The van der Waals surface area contributed by atoms with Gasteiger partial charge in [-0.2, -0.15) is 0 Å². The average Bonchev–Trinajstić information content (AvgIpc) is 3.01. The first-order valence-corrected chi connectivity index (χ1v) is 7.30. The van der Waals surface area contributed by atoms with Crippen LogP contribution in [0.25, 0.3) is 11.5 Å². The van der Waals surface area contributed by atoms with E-state index < -0.39 is 0 Å². The van der Waals surface area contributed by atoms with Gasteiger partial charge in [0, 0.05) is 43.3 Å². The highest BCUT2D eigenvalue weighted by Gasteiger charge is 2.26. The second kappa shape index (κ2) is 5.71. The number of likely N-dealkylation sites (tertiary alicyclic amines) is 1. The second-order valence-corrected chi connectivity index (χ2v) is 5.66. The Balaban J connectivity index is 1.90. The van der Waals surface area contributed by atoms with E-state index in [4.69, 9.17) is 0 Å². The van der Waals surface area contributed by atoms with E-state index in [2.05, 4.69) is 38.7 Å². The number of rotatable bonds is 3. The van der Waals surface area contributed by atoms with E-state index in [-0.39, 0.29) is 0 Å². The van der Waals surface area contributed by atoms with Crippen LogP contribution in [0.4, 0.5) is 0 Å². The molecule has 2 aromatic heterocycles. The van der Waals surface area contributed by atoms with E-state index >= 15 is 0 Å². The third-order valence-corrected chi connectivity index (χ3v) is 4.02. The lowest BCUT2D eigenvalue weighted by Crippen LogP contribution is -2.39. The molecule has 0 spiro atoms. The Morgan fingerprint density at radius 2 is 2.05 bits per heavy atom. The maximum atomic E-state index is 4.60. The molecule has 5 nitrogen and oxygen atoms in total. The number of aromatic amines is 1. The van der Waals surface area contributed by atoms with Crippen molar-refractivity contribution in [3.63, 3.8) is 0 Å². The fourth-order valence-electron chi connectivity index (χ4n) is 2.92. The Labute approximate surface area is 119 Å².